The van der Waals surface area contributed by atoms with Crippen LogP contribution < -0.4 is 5.48 Å². The van der Waals surface area contributed by atoms with Crippen molar-refractivity contribution in [1.29, 1.82) is 0 Å². The zero-order valence-corrected chi connectivity index (χ0v) is 7.87. The lowest BCUT2D eigenvalue weighted by atomic mass is 10.4. The molecule has 12 heavy (non-hydrogen) atoms. The maximum absolute atomic E-state index is 4.65. The first-order valence-electron chi connectivity index (χ1n) is 4.04. The summed E-state index contributed by atoms with van der Waals surface area (Å²) in [5.41, 5.74) is 3.58. The summed E-state index contributed by atoms with van der Waals surface area (Å²) in [5, 5.41) is 0. The van der Waals surface area contributed by atoms with Gasteiger partial charge in [0.15, 0.2) is 0 Å². The fourth-order valence-electron chi connectivity index (χ4n) is 0.538. The van der Waals surface area contributed by atoms with Gasteiger partial charge in [0.1, 0.15) is 0 Å². The second-order valence-corrected chi connectivity index (χ2v) is 2.25. The Hall–Kier alpha value is -1.09. The fraction of sp³-hybridized carbons (Fsp3) is 0.444. The highest BCUT2D eigenvalue weighted by Gasteiger charge is 1.82. The second kappa shape index (κ2) is 8.01. The van der Waals surface area contributed by atoms with Crippen molar-refractivity contribution in [2.45, 2.75) is 20.3 Å². The van der Waals surface area contributed by atoms with E-state index in [1.807, 2.05) is 12.1 Å². The van der Waals surface area contributed by atoms with E-state index in [0.29, 0.717) is 0 Å². The molecule has 3 heteroatoms. The van der Waals surface area contributed by atoms with Crippen LogP contribution in [0, 0.1) is 0 Å². The van der Waals surface area contributed by atoms with Crippen LogP contribution in [0.4, 0.5) is 5.69 Å². The topological polar surface area (TPSA) is 34.1 Å². The largest absolute Gasteiger partial charge is 0.279 e. The molecule has 0 amide bonds. The molecule has 1 heterocycles. The Labute approximate surface area is 73.7 Å². The fourth-order valence-corrected chi connectivity index (χ4v) is 0.538. The lowest BCUT2D eigenvalue weighted by Gasteiger charge is -1.98. The molecule has 0 saturated carbocycles. The molecule has 0 aromatic carbocycles. The molecule has 0 fully saturated rings. The van der Waals surface area contributed by atoms with Crippen molar-refractivity contribution >= 4 is 5.69 Å². The van der Waals surface area contributed by atoms with Crippen LogP contribution in [-0.2, 0) is 4.84 Å². The van der Waals surface area contributed by atoms with Crippen LogP contribution in [0.25, 0.3) is 0 Å². The SMILES string of the molecule is CCC.CONc1ccncc1. The lowest BCUT2D eigenvalue weighted by molar-refractivity contribution is 0.271. The van der Waals surface area contributed by atoms with Crippen molar-refractivity contribution in [2.24, 2.45) is 0 Å². The van der Waals surface area contributed by atoms with Crippen LogP contribution in [0.2, 0.25) is 0 Å². The van der Waals surface area contributed by atoms with E-state index in [1.165, 1.54) is 6.42 Å². The van der Waals surface area contributed by atoms with Gasteiger partial charge in [0, 0.05) is 12.4 Å². The minimum Gasteiger partial charge on any atom is -0.279 e. The summed E-state index contributed by atoms with van der Waals surface area (Å²) in [7, 11) is 1.57. The van der Waals surface area contributed by atoms with Crippen molar-refractivity contribution in [3.05, 3.63) is 24.5 Å². The molecule has 0 aliphatic carbocycles. The minimum absolute atomic E-state index is 0.910. The highest BCUT2D eigenvalue weighted by atomic mass is 16.6. The zero-order chi connectivity index (χ0) is 9.23. The summed E-state index contributed by atoms with van der Waals surface area (Å²) in [5.74, 6) is 0. The number of nitrogens with one attached hydrogen (secondary N) is 1. The molecule has 0 spiro atoms. The summed E-state index contributed by atoms with van der Waals surface area (Å²) >= 11 is 0. The van der Waals surface area contributed by atoms with Gasteiger partial charge in [0.05, 0.1) is 12.8 Å². The van der Waals surface area contributed by atoms with Gasteiger partial charge in [-0.05, 0) is 12.1 Å². The Morgan fingerprint density at radius 1 is 1.33 bits per heavy atom. The van der Waals surface area contributed by atoms with Crippen molar-refractivity contribution in [3.8, 4) is 0 Å². The molecule has 1 aromatic rings. The minimum atomic E-state index is 0.910. The molecule has 0 saturated heterocycles. The Balaban J connectivity index is 0.000000354. The third kappa shape index (κ3) is 5.68. The maximum Gasteiger partial charge on any atom is 0.0636 e. The Morgan fingerprint density at radius 3 is 2.25 bits per heavy atom. The number of nitrogens with zero attached hydrogens (tertiary/aromatic N) is 1. The Bertz CT molecular complexity index is 177. The van der Waals surface area contributed by atoms with Gasteiger partial charge in [0.2, 0.25) is 0 Å². The molecular weight excluding hydrogens is 152 g/mol. The van der Waals surface area contributed by atoms with E-state index < -0.39 is 0 Å². The van der Waals surface area contributed by atoms with Crippen molar-refractivity contribution in [2.75, 3.05) is 12.6 Å². The zero-order valence-electron chi connectivity index (χ0n) is 7.87. The standard InChI is InChI=1S/C6H8N2O.C3H8/c1-9-8-6-2-4-7-5-3-6;1-3-2/h2-5H,1H3,(H,7,8);3H2,1-2H3. The molecule has 0 atom stereocenters. The summed E-state index contributed by atoms with van der Waals surface area (Å²) < 4.78 is 0. The number of rotatable bonds is 2. The van der Waals surface area contributed by atoms with Gasteiger partial charge in [-0.15, -0.1) is 0 Å². The van der Waals surface area contributed by atoms with E-state index in [9.17, 15) is 0 Å². The molecule has 0 bridgehead atoms. The smallest absolute Gasteiger partial charge is 0.0636 e. The second-order valence-electron chi connectivity index (χ2n) is 2.25. The van der Waals surface area contributed by atoms with Crippen molar-refractivity contribution < 1.29 is 4.84 Å². The van der Waals surface area contributed by atoms with Gasteiger partial charge in [-0.2, -0.15) is 0 Å². The third-order valence-electron chi connectivity index (χ3n) is 0.900. The third-order valence-corrected chi connectivity index (χ3v) is 0.900. The van der Waals surface area contributed by atoms with Crippen molar-refractivity contribution in [1.82, 2.24) is 4.98 Å². The molecule has 0 aliphatic heterocycles. The van der Waals surface area contributed by atoms with Crippen LogP contribution in [0.15, 0.2) is 24.5 Å². The first-order chi connectivity index (χ1) is 5.85. The summed E-state index contributed by atoms with van der Waals surface area (Å²) in [6, 6.07) is 3.65. The Morgan fingerprint density at radius 2 is 1.83 bits per heavy atom. The number of pyridine rings is 1. The average molecular weight is 168 g/mol. The molecule has 1 aromatic heterocycles. The average Bonchev–Trinajstić information content (AvgIpc) is 2.08. The highest BCUT2D eigenvalue weighted by molar-refractivity contribution is 5.37. The molecule has 0 aliphatic rings. The van der Waals surface area contributed by atoms with E-state index in [-0.39, 0.29) is 0 Å². The van der Waals surface area contributed by atoms with Crippen LogP contribution in [0.1, 0.15) is 20.3 Å². The summed E-state index contributed by atoms with van der Waals surface area (Å²) in [6.45, 7) is 4.25. The molecule has 1 rings (SSSR count). The van der Waals surface area contributed by atoms with E-state index in [0.717, 1.165) is 5.69 Å². The van der Waals surface area contributed by atoms with Gasteiger partial charge in [0.25, 0.3) is 0 Å². The summed E-state index contributed by atoms with van der Waals surface area (Å²) in [6.07, 6.45) is 4.64. The van der Waals surface area contributed by atoms with Gasteiger partial charge in [-0.1, -0.05) is 20.3 Å². The van der Waals surface area contributed by atoms with E-state index in [4.69, 9.17) is 0 Å². The van der Waals surface area contributed by atoms with Crippen LogP contribution >= 0.6 is 0 Å². The molecule has 68 valence electrons. The number of aromatic nitrogens is 1. The predicted octanol–water partition coefficient (Wildman–Crippen LogP) is 2.47. The maximum atomic E-state index is 4.65. The van der Waals surface area contributed by atoms with Gasteiger partial charge < -0.3 is 0 Å². The van der Waals surface area contributed by atoms with E-state index >= 15 is 0 Å². The van der Waals surface area contributed by atoms with Gasteiger partial charge in [-0.25, -0.2) is 0 Å². The molecule has 1 N–H and O–H groups in total. The number of anilines is 1. The molecule has 0 unspecified atom stereocenters. The van der Waals surface area contributed by atoms with Crippen molar-refractivity contribution in [3.63, 3.8) is 0 Å². The molecule has 0 radical (unpaired) electrons. The lowest BCUT2D eigenvalue weighted by Crippen LogP contribution is -1.94. The van der Waals surface area contributed by atoms with Crippen LogP contribution in [-0.4, -0.2) is 12.1 Å². The first-order valence-corrected chi connectivity index (χ1v) is 4.04. The monoisotopic (exact) mass is 168 g/mol. The molecule has 3 nitrogen and oxygen atoms in total. The van der Waals surface area contributed by atoms with Gasteiger partial charge >= 0.3 is 0 Å². The number of hydrogen-bond acceptors (Lipinski definition) is 3. The predicted molar refractivity (Wildman–Crippen MR) is 50.8 cm³/mol. The number of hydrogen-bond donors (Lipinski definition) is 1. The Kier molecular flexibility index (Phi) is 7.28. The van der Waals surface area contributed by atoms with E-state index in [2.05, 4.69) is 29.1 Å². The first kappa shape index (κ1) is 10.9. The van der Waals surface area contributed by atoms with Gasteiger partial charge in [-0.3, -0.25) is 15.3 Å². The quantitative estimate of drug-likeness (QED) is 0.689. The normalized spacial score (nSPS) is 8.25. The molecular formula is C9H16N2O. The van der Waals surface area contributed by atoms with E-state index in [1.54, 1.807) is 19.5 Å². The highest BCUT2D eigenvalue weighted by Crippen LogP contribution is 2.00. The van der Waals surface area contributed by atoms with Crippen LogP contribution in [0.5, 0.6) is 0 Å². The summed E-state index contributed by atoms with van der Waals surface area (Å²) in [4.78, 5) is 8.48. The van der Waals surface area contributed by atoms with Crippen LogP contribution in [0.3, 0.4) is 0 Å².